The maximum absolute atomic E-state index is 8.55. The van der Waals surface area contributed by atoms with E-state index in [0.717, 1.165) is 19.4 Å². The molecule has 0 aliphatic heterocycles. The van der Waals surface area contributed by atoms with Crippen molar-refractivity contribution < 1.29 is 5.21 Å². The molecule has 106 valence electrons. The van der Waals surface area contributed by atoms with Crippen molar-refractivity contribution in [1.82, 2.24) is 4.90 Å². The molecule has 1 aromatic rings. The number of hydrogen-bond donors (Lipinski definition) is 2. The minimum atomic E-state index is 0.295. The molecule has 0 fully saturated rings. The van der Waals surface area contributed by atoms with Gasteiger partial charge in [-0.05, 0) is 45.3 Å². The highest BCUT2D eigenvalue weighted by atomic mass is 16.4. The molecule has 0 amide bonds. The van der Waals surface area contributed by atoms with Crippen molar-refractivity contribution in [2.24, 2.45) is 10.9 Å². The molecule has 0 bridgehead atoms. The average Bonchev–Trinajstić information content (AvgIpc) is 2.44. The van der Waals surface area contributed by atoms with Crippen molar-refractivity contribution in [2.45, 2.75) is 38.6 Å². The van der Waals surface area contributed by atoms with E-state index in [1.165, 1.54) is 12.0 Å². The first-order valence-electron chi connectivity index (χ1n) is 6.84. The van der Waals surface area contributed by atoms with E-state index in [-0.39, 0.29) is 0 Å². The summed E-state index contributed by atoms with van der Waals surface area (Å²) in [4.78, 5) is 2.25. The van der Waals surface area contributed by atoms with E-state index in [4.69, 9.17) is 10.9 Å². The summed E-state index contributed by atoms with van der Waals surface area (Å²) in [5.74, 6) is 0.295. The third-order valence-corrected chi connectivity index (χ3v) is 3.45. The van der Waals surface area contributed by atoms with Gasteiger partial charge in [0, 0.05) is 12.5 Å². The molecule has 0 radical (unpaired) electrons. The van der Waals surface area contributed by atoms with Gasteiger partial charge in [-0.25, -0.2) is 0 Å². The Morgan fingerprint density at radius 1 is 1.32 bits per heavy atom. The van der Waals surface area contributed by atoms with E-state index in [1.807, 2.05) is 6.07 Å². The molecular formula is C15H25N3O. The third-order valence-electron chi connectivity index (χ3n) is 3.45. The van der Waals surface area contributed by atoms with Crippen LogP contribution in [-0.4, -0.2) is 35.6 Å². The van der Waals surface area contributed by atoms with Crippen LogP contribution < -0.4 is 5.73 Å². The fraction of sp³-hybridized carbons (Fsp3) is 0.533. The van der Waals surface area contributed by atoms with E-state index >= 15 is 0 Å². The Hall–Kier alpha value is -1.55. The van der Waals surface area contributed by atoms with Crippen molar-refractivity contribution in [2.75, 3.05) is 13.6 Å². The number of amidine groups is 1. The van der Waals surface area contributed by atoms with Crippen LogP contribution >= 0.6 is 0 Å². The molecule has 1 atom stereocenters. The number of nitrogens with two attached hydrogens (primary N) is 1. The molecular weight excluding hydrogens is 238 g/mol. The Balaban J connectivity index is 2.18. The molecule has 0 heterocycles. The smallest absolute Gasteiger partial charge is 0.140 e. The molecule has 1 unspecified atom stereocenters. The summed E-state index contributed by atoms with van der Waals surface area (Å²) in [5, 5.41) is 11.6. The molecule has 4 heteroatoms. The normalized spacial score (nSPS) is 13.7. The standard InChI is InChI=1S/C15H25N3O/c1-13(12-15(16)17-19)18(2)11-7-6-10-14-8-4-3-5-9-14/h3-5,8-9,13,19H,6-7,10-12H2,1-2H3,(H2,16,17). The second kappa shape index (κ2) is 8.53. The van der Waals surface area contributed by atoms with Crippen LogP contribution in [0.5, 0.6) is 0 Å². The number of hydrogen-bond acceptors (Lipinski definition) is 3. The van der Waals surface area contributed by atoms with Gasteiger partial charge in [0.1, 0.15) is 5.84 Å². The Labute approximate surface area is 115 Å². The highest BCUT2D eigenvalue weighted by Crippen LogP contribution is 2.07. The zero-order chi connectivity index (χ0) is 14.1. The molecule has 0 saturated carbocycles. The lowest BCUT2D eigenvalue weighted by atomic mass is 10.1. The molecule has 4 nitrogen and oxygen atoms in total. The van der Waals surface area contributed by atoms with Crippen LogP contribution in [0.15, 0.2) is 35.5 Å². The zero-order valence-electron chi connectivity index (χ0n) is 11.9. The summed E-state index contributed by atoms with van der Waals surface area (Å²) in [5.41, 5.74) is 6.91. The van der Waals surface area contributed by atoms with Gasteiger partial charge in [0.05, 0.1) is 0 Å². The van der Waals surface area contributed by atoms with Gasteiger partial charge < -0.3 is 15.8 Å². The predicted molar refractivity (Wildman–Crippen MR) is 79.5 cm³/mol. The van der Waals surface area contributed by atoms with E-state index in [2.05, 4.69) is 48.3 Å². The summed E-state index contributed by atoms with van der Waals surface area (Å²) in [6.45, 7) is 3.13. The Bertz CT molecular complexity index is 378. The van der Waals surface area contributed by atoms with Crippen molar-refractivity contribution in [1.29, 1.82) is 0 Å². The fourth-order valence-electron chi connectivity index (χ4n) is 2.05. The molecule has 0 aliphatic carbocycles. The first-order valence-corrected chi connectivity index (χ1v) is 6.84. The van der Waals surface area contributed by atoms with Gasteiger partial charge in [-0.1, -0.05) is 35.5 Å². The van der Waals surface area contributed by atoms with Gasteiger partial charge in [-0.2, -0.15) is 0 Å². The summed E-state index contributed by atoms with van der Waals surface area (Å²) in [7, 11) is 2.08. The minimum absolute atomic E-state index is 0.295. The second-order valence-corrected chi connectivity index (χ2v) is 5.07. The largest absolute Gasteiger partial charge is 0.409 e. The predicted octanol–water partition coefficient (Wildman–Crippen LogP) is 2.47. The van der Waals surface area contributed by atoms with Crippen molar-refractivity contribution >= 4 is 5.84 Å². The van der Waals surface area contributed by atoms with Crippen LogP contribution in [0.2, 0.25) is 0 Å². The van der Waals surface area contributed by atoms with Gasteiger partial charge >= 0.3 is 0 Å². The Morgan fingerprint density at radius 2 is 2.00 bits per heavy atom. The van der Waals surface area contributed by atoms with Gasteiger partial charge in [0.25, 0.3) is 0 Å². The molecule has 0 aromatic heterocycles. The van der Waals surface area contributed by atoms with Crippen molar-refractivity contribution in [3.05, 3.63) is 35.9 Å². The summed E-state index contributed by atoms with van der Waals surface area (Å²) < 4.78 is 0. The number of rotatable bonds is 8. The van der Waals surface area contributed by atoms with Gasteiger partial charge in [0.2, 0.25) is 0 Å². The SMILES string of the molecule is CC(C/C(N)=N/O)N(C)CCCCc1ccccc1. The van der Waals surface area contributed by atoms with Gasteiger partial charge in [0.15, 0.2) is 0 Å². The molecule has 0 spiro atoms. The maximum Gasteiger partial charge on any atom is 0.140 e. The zero-order valence-corrected chi connectivity index (χ0v) is 11.9. The monoisotopic (exact) mass is 263 g/mol. The third kappa shape index (κ3) is 6.25. The number of unbranched alkanes of at least 4 members (excludes halogenated alkanes) is 1. The molecule has 1 rings (SSSR count). The van der Waals surface area contributed by atoms with E-state index < -0.39 is 0 Å². The molecule has 1 aromatic carbocycles. The molecule has 0 aliphatic rings. The van der Waals surface area contributed by atoms with Gasteiger partial charge in [-0.15, -0.1) is 0 Å². The number of nitrogens with zero attached hydrogens (tertiary/aromatic N) is 2. The van der Waals surface area contributed by atoms with Crippen molar-refractivity contribution in [3.63, 3.8) is 0 Å². The summed E-state index contributed by atoms with van der Waals surface area (Å²) >= 11 is 0. The van der Waals surface area contributed by atoms with Crippen LogP contribution in [0.3, 0.4) is 0 Å². The molecule has 3 N–H and O–H groups in total. The number of oxime groups is 1. The Morgan fingerprint density at radius 3 is 2.63 bits per heavy atom. The van der Waals surface area contributed by atoms with Crippen LogP contribution in [0.25, 0.3) is 0 Å². The lowest BCUT2D eigenvalue weighted by molar-refractivity contribution is 0.254. The first-order chi connectivity index (χ1) is 9.13. The molecule has 19 heavy (non-hydrogen) atoms. The quantitative estimate of drug-likeness (QED) is 0.249. The van der Waals surface area contributed by atoms with Crippen LogP contribution in [0, 0.1) is 0 Å². The lowest BCUT2D eigenvalue weighted by Gasteiger charge is -2.24. The summed E-state index contributed by atoms with van der Waals surface area (Å²) in [6.07, 6.45) is 4.07. The first kappa shape index (κ1) is 15.5. The van der Waals surface area contributed by atoms with E-state index in [1.54, 1.807) is 0 Å². The van der Waals surface area contributed by atoms with E-state index in [9.17, 15) is 0 Å². The highest BCUT2D eigenvalue weighted by molar-refractivity contribution is 5.80. The second-order valence-electron chi connectivity index (χ2n) is 5.07. The van der Waals surface area contributed by atoms with Crippen LogP contribution in [0.1, 0.15) is 31.7 Å². The highest BCUT2D eigenvalue weighted by Gasteiger charge is 2.10. The number of aryl methyl sites for hydroxylation is 1. The topological polar surface area (TPSA) is 61.9 Å². The van der Waals surface area contributed by atoms with Crippen molar-refractivity contribution in [3.8, 4) is 0 Å². The fourth-order valence-corrected chi connectivity index (χ4v) is 2.05. The van der Waals surface area contributed by atoms with Gasteiger partial charge in [-0.3, -0.25) is 0 Å². The lowest BCUT2D eigenvalue weighted by Crippen LogP contribution is -2.33. The maximum atomic E-state index is 8.55. The number of benzene rings is 1. The average molecular weight is 263 g/mol. The minimum Gasteiger partial charge on any atom is -0.409 e. The molecule has 0 saturated heterocycles. The van der Waals surface area contributed by atoms with E-state index in [0.29, 0.717) is 18.3 Å². The van der Waals surface area contributed by atoms with Crippen LogP contribution in [-0.2, 0) is 6.42 Å². The summed E-state index contributed by atoms with van der Waals surface area (Å²) in [6, 6.07) is 10.9. The van der Waals surface area contributed by atoms with Crippen LogP contribution in [0.4, 0.5) is 0 Å². The Kier molecular flexibility index (Phi) is 6.97.